The number of hydrogen-bond donors (Lipinski definition) is 1. The Bertz CT molecular complexity index is 542. The lowest BCUT2D eigenvalue weighted by atomic mass is 10.0. The Morgan fingerprint density at radius 1 is 1.32 bits per heavy atom. The first-order valence-electron chi connectivity index (χ1n) is 6.98. The molecule has 1 aromatic heterocycles. The average Bonchev–Trinajstić information content (AvgIpc) is 3.10. The Morgan fingerprint density at radius 3 is 2.95 bits per heavy atom. The molecule has 1 aromatic carbocycles. The number of rotatable bonds is 7. The molecule has 1 fully saturated rings. The standard InChI is InChI=1S/C16H21NO2/c1-18-9-8-16(6-7-16)12-17-10-13-11-19-15-5-3-2-4-14(13)15/h2-5,11,17H,6-10,12H2,1H3. The summed E-state index contributed by atoms with van der Waals surface area (Å²) in [6.45, 7) is 2.83. The van der Waals surface area contributed by atoms with E-state index in [1.54, 1.807) is 7.11 Å². The lowest BCUT2D eigenvalue weighted by Gasteiger charge is -2.15. The number of para-hydroxylation sites is 1. The third kappa shape index (κ3) is 2.82. The molecule has 0 radical (unpaired) electrons. The summed E-state index contributed by atoms with van der Waals surface area (Å²) in [5, 5.41) is 4.80. The van der Waals surface area contributed by atoms with Gasteiger partial charge in [0.1, 0.15) is 5.58 Å². The molecule has 19 heavy (non-hydrogen) atoms. The van der Waals surface area contributed by atoms with Gasteiger partial charge >= 0.3 is 0 Å². The highest BCUT2D eigenvalue weighted by Gasteiger charge is 2.41. The van der Waals surface area contributed by atoms with Gasteiger partial charge in [-0.15, -0.1) is 0 Å². The number of benzene rings is 1. The lowest BCUT2D eigenvalue weighted by Crippen LogP contribution is -2.24. The molecule has 0 aliphatic heterocycles. The summed E-state index contributed by atoms with van der Waals surface area (Å²) in [6.07, 6.45) is 5.69. The summed E-state index contributed by atoms with van der Waals surface area (Å²) in [7, 11) is 1.78. The molecule has 3 rings (SSSR count). The first-order chi connectivity index (χ1) is 9.33. The zero-order chi connectivity index (χ0) is 13.1. The van der Waals surface area contributed by atoms with E-state index >= 15 is 0 Å². The van der Waals surface area contributed by atoms with Crippen molar-refractivity contribution in [3.63, 3.8) is 0 Å². The van der Waals surface area contributed by atoms with E-state index < -0.39 is 0 Å². The van der Waals surface area contributed by atoms with Gasteiger partial charge in [0, 0.05) is 37.8 Å². The fourth-order valence-electron chi connectivity index (χ4n) is 2.64. The number of hydrogen-bond acceptors (Lipinski definition) is 3. The Morgan fingerprint density at radius 2 is 2.16 bits per heavy atom. The minimum atomic E-state index is 0.496. The molecule has 1 saturated carbocycles. The van der Waals surface area contributed by atoms with Gasteiger partial charge < -0.3 is 14.5 Å². The van der Waals surface area contributed by atoms with Crippen LogP contribution in [-0.4, -0.2) is 20.3 Å². The molecule has 3 nitrogen and oxygen atoms in total. The van der Waals surface area contributed by atoms with Crippen molar-refractivity contribution in [1.29, 1.82) is 0 Å². The highest BCUT2D eigenvalue weighted by molar-refractivity contribution is 5.80. The second-order valence-corrected chi connectivity index (χ2v) is 5.60. The number of nitrogens with one attached hydrogen (secondary N) is 1. The van der Waals surface area contributed by atoms with Gasteiger partial charge in [-0.3, -0.25) is 0 Å². The molecule has 1 aliphatic carbocycles. The third-order valence-electron chi connectivity index (χ3n) is 4.17. The van der Waals surface area contributed by atoms with Crippen LogP contribution in [0.5, 0.6) is 0 Å². The van der Waals surface area contributed by atoms with Crippen molar-refractivity contribution in [1.82, 2.24) is 5.32 Å². The maximum atomic E-state index is 5.55. The van der Waals surface area contributed by atoms with E-state index in [9.17, 15) is 0 Å². The first kappa shape index (κ1) is 12.7. The van der Waals surface area contributed by atoms with Crippen LogP contribution < -0.4 is 5.32 Å². The van der Waals surface area contributed by atoms with Gasteiger partial charge in [0.2, 0.25) is 0 Å². The van der Waals surface area contributed by atoms with Gasteiger partial charge in [0.05, 0.1) is 6.26 Å². The SMILES string of the molecule is COCCC1(CNCc2coc3ccccc23)CC1. The normalized spacial score (nSPS) is 16.9. The van der Waals surface area contributed by atoms with Crippen LogP contribution in [0.2, 0.25) is 0 Å². The summed E-state index contributed by atoms with van der Waals surface area (Å²) in [5.41, 5.74) is 2.72. The molecular formula is C16H21NO2. The largest absolute Gasteiger partial charge is 0.464 e. The number of ether oxygens (including phenoxy) is 1. The van der Waals surface area contributed by atoms with Crippen LogP contribution in [0.25, 0.3) is 11.0 Å². The van der Waals surface area contributed by atoms with Crippen LogP contribution in [0.1, 0.15) is 24.8 Å². The van der Waals surface area contributed by atoms with Gasteiger partial charge in [-0.05, 0) is 30.7 Å². The molecule has 0 atom stereocenters. The van der Waals surface area contributed by atoms with Gasteiger partial charge in [0.15, 0.2) is 0 Å². The van der Waals surface area contributed by atoms with Gasteiger partial charge in [-0.1, -0.05) is 18.2 Å². The molecule has 0 saturated heterocycles. The molecule has 0 amide bonds. The average molecular weight is 259 g/mol. The number of methoxy groups -OCH3 is 1. The van der Waals surface area contributed by atoms with Crippen molar-refractivity contribution in [3.8, 4) is 0 Å². The van der Waals surface area contributed by atoms with E-state index in [4.69, 9.17) is 9.15 Å². The molecule has 0 spiro atoms. The van der Waals surface area contributed by atoms with E-state index in [0.29, 0.717) is 5.41 Å². The number of fused-ring (bicyclic) bond motifs is 1. The smallest absolute Gasteiger partial charge is 0.134 e. The van der Waals surface area contributed by atoms with E-state index in [0.717, 1.165) is 25.3 Å². The molecule has 102 valence electrons. The molecular weight excluding hydrogens is 238 g/mol. The predicted octanol–water partition coefficient (Wildman–Crippen LogP) is 3.34. The predicted molar refractivity (Wildman–Crippen MR) is 76.1 cm³/mol. The topological polar surface area (TPSA) is 34.4 Å². The summed E-state index contributed by atoms with van der Waals surface area (Å²) in [4.78, 5) is 0. The Hall–Kier alpha value is -1.32. The zero-order valence-corrected chi connectivity index (χ0v) is 11.4. The Kier molecular flexibility index (Phi) is 3.58. The Labute approximate surface area is 113 Å². The molecule has 0 unspecified atom stereocenters. The number of furan rings is 1. The lowest BCUT2D eigenvalue weighted by molar-refractivity contribution is 0.171. The molecule has 0 bridgehead atoms. The van der Waals surface area contributed by atoms with Crippen LogP contribution in [0.3, 0.4) is 0 Å². The monoisotopic (exact) mass is 259 g/mol. The molecule has 1 N–H and O–H groups in total. The van der Waals surface area contributed by atoms with Crippen molar-refractivity contribution >= 4 is 11.0 Å². The van der Waals surface area contributed by atoms with E-state index in [1.807, 2.05) is 18.4 Å². The second kappa shape index (κ2) is 5.35. The highest BCUT2D eigenvalue weighted by atomic mass is 16.5. The fraction of sp³-hybridized carbons (Fsp3) is 0.500. The molecule has 2 aromatic rings. The van der Waals surface area contributed by atoms with Crippen molar-refractivity contribution in [2.24, 2.45) is 5.41 Å². The molecule has 1 aliphatic rings. The minimum absolute atomic E-state index is 0.496. The quantitative estimate of drug-likeness (QED) is 0.828. The van der Waals surface area contributed by atoms with Crippen molar-refractivity contribution in [2.75, 3.05) is 20.3 Å². The van der Waals surface area contributed by atoms with Crippen LogP contribution in [-0.2, 0) is 11.3 Å². The third-order valence-corrected chi connectivity index (χ3v) is 4.17. The molecule has 3 heteroatoms. The summed E-state index contributed by atoms with van der Waals surface area (Å²) >= 11 is 0. The summed E-state index contributed by atoms with van der Waals surface area (Å²) in [6, 6.07) is 8.20. The summed E-state index contributed by atoms with van der Waals surface area (Å²) < 4.78 is 10.7. The van der Waals surface area contributed by atoms with E-state index in [1.165, 1.54) is 30.2 Å². The van der Waals surface area contributed by atoms with E-state index in [-0.39, 0.29) is 0 Å². The van der Waals surface area contributed by atoms with Crippen LogP contribution in [0, 0.1) is 5.41 Å². The zero-order valence-electron chi connectivity index (χ0n) is 11.4. The maximum Gasteiger partial charge on any atom is 0.134 e. The van der Waals surface area contributed by atoms with Crippen molar-refractivity contribution in [2.45, 2.75) is 25.8 Å². The van der Waals surface area contributed by atoms with E-state index in [2.05, 4.69) is 17.4 Å². The van der Waals surface area contributed by atoms with Crippen LogP contribution in [0.15, 0.2) is 34.9 Å². The van der Waals surface area contributed by atoms with Crippen LogP contribution >= 0.6 is 0 Å². The maximum absolute atomic E-state index is 5.55. The summed E-state index contributed by atoms with van der Waals surface area (Å²) in [5.74, 6) is 0. The van der Waals surface area contributed by atoms with Gasteiger partial charge in [0.25, 0.3) is 0 Å². The molecule has 1 heterocycles. The minimum Gasteiger partial charge on any atom is -0.464 e. The van der Waals surface area contributed by atoms with Gasteiger partial charge in [-0.25, -0.2) is 0 Å². The fourth-order valence-corrected chi connectivity index (χ4v) is 2.64. The van der Waals surface area contributed by atoms with Crippen molar-refractivity contribution < 1.29 is 9.15 Å². The second-order valence-electron chi connectivity index (χ2n) is 5.60. The Balaban J connectivity index is 1.55. The van der Waals surface area contributed by atoms with Gasteiger partial charge in [-0.2, -0.15) is 0 Å². The first-order valence-corrected chi connectivity index (χ1v) is 6.98. The van der Waals surface area contributed by atoms with Crippen molar-refractivity contribution in [3.05, 3.63) is 36.1 Å². The highest BCUT2D eigenvalue weighted by Crippen LogP contribution is 2.48. The van der Waals surface area contributed by atoms with Crippen LogP contribution in [0.4, 0.5) is 0 Å².